The van der Waals surface area contributed by atoms with Gasteiger partial charge in [0.05, 0.1) is 0 Å². The molecule has 1 saturated heterocycles. The number of nitrogens with one attached hydrogen (secondary N) is 1. The first-order valence-electron chi connectivity index (χ1n) is 5.08. The van der Waals surface area contributed by atoms with E-state index in [1.54, 1.807) is 0 Å². The molecule has 1 fully saturated rings. The normalized spacial score (nSPS) is 22.9. The molecule has 2 nitrogen and oxygen atoms in total. The molecule has 1 aliphatic heterocycles. The third kappa shape index (κ3) is 2.94. The highest BCUT2D eigenvalue weighted by Gasteiger charge is 2.21. The van der Waals surface area contributed by atoms with E-state index in [4.69, 9.17) is 0 Å². The summed E-state index contributed by atoms with van der Waals surface area (Å²) in [5, 5.41) is 3.22. The molecule has 1 N–H and O–H groups in total. The highest BCUT2D eigenvalue weighted by atomic mass is 16.1. The number of Topliss-reactive ketones (excluding diaryl/α,β-unsaturated/α-hetero) is 1. The van der Waals surface area contributed by atoms with Gasteiger partial charge in [0.15, 0.2) is 0 Å². The van der Waals surface area contributed by atoms with Crippen LogP contribution in [0.1, 0.15) is 39.0 Å². The summed E-state index contributed by atoms with van der Waals surface area (Å²) < 4.78 is 0. The van der Waals surface area contributed by atoms with Crippen LogP contribution in [-0.2, 0) is 4.79 Å². The maximum Gasteiger partial charge on any atom is 0.137 e. The van der Waals surface area contributed by atoms with Gasteiger partial charge >= 0.3 is 0 Å². The molecular formula is C10H19NO. The Labute approximate surface area is 74.7 Å². The van der Waals surface area contributed by atoms with E-state index in [2.05, 4.69) is 12.2 Å². The van der Waals surface area contributed by atoms with Crippen LogP contribution >= 0.6 is 0 Å². The van der Waals surface area contributed by atoms with Crippen LogP contribution in [0.5, 0.6) is 0 Å². The molecule has 0 aromatic heterocycles. The second-order valence-corrected chi connectivity index (χ2v) is 3.61. The molecule has 1 atom stereocenters. The van der Waals surface area contributed by atoms with Gasteiger partial charge in [0.25, 0.3) is 0 Å². The molecule has 1 rings (SSSR count). The number of unbranched alkanes of at least 4 members (excludes halogenated alkanes) is 2. The third-order valence-corrected chi connectivity index (χ3v) is 2.54. The van der Waals surface area contributed by atoms with Crippen molar-refractivity contribution in [2.75, 3.05) is 13.1 Å². The summed E-state index contributed by atoms with van der Waals surface area (Å²) in [5.41, 5.74) is 0. The smallest absolute Gasteiger partial charge is 0.137 e. The quantitative estimate of drug-likeness (QED) is 0.635. The second kappa shape index (κ2) is 5.31. The van der Waals surface area contributed by atoms with Gasteiger partial charge in [-0.3, -0.25) is 4.79 Å². The summed E-state index contributed by atoms with van der Waals surface area (Å²) >= 11 is 0. The zero-order chi connectivity index (χ0) is 8.81. The maximum absolute atomic E-state index is 11.5. The number of ketones is 1. The predicted octanol–water partition coefficient (Wildman–Crippen LogP) is 1.75. The Kier molecular flexibility index (Phi) is 4.30. The van der Waals surface area contributed by atoms with Crippen LogP contribution in [0.2, 0.25) is 0 Å². The lowest BCUT2D eigenvalue weighted by Gasteiger charge is -2.05. The molecule has 0 spiro atoms. The van der Waals surface area contributed by atoms with Crippen molar-refractivity contribution in [3.05, 3.63) is 0 Å². The van der Waals surface area contributed by atoms with Crippen LogP contribution in [0.15, 0.2) is 0 Å². The van der Waals surface area contributed by atoms with Crippen LogP contribution in [0, 0.1) is 5.92 Å². The molecule has 0 radical (unpaired) electrons. The van der Waals surface area contributed by atoms with E-state index in [9.17, 15) is 4.79 Å². The number of hydrogen-bond acceptors (Lipinski definition) is 2. The van der Waals surface area contributed by atoms with Crippen molar-refractivity contribution < 1.29 is 4.79 Å². The van der Waals surface area contributed by atoms with Crippen molar-refractivity contribution in [2.45, 2.75) is 39.0 Å². The van der Waals surface area contributed by atoms with Crippen molar-refractivity contribution in [1.82, 2.24) is 5.32 Å². The maximum atomic E-state index is 11.5. The minimum Gasteiger partial charge on any atom is -0.316 e. The SMILES string of the molecule is CCCCCC(=O)C1CCNC1. The Hall–Kier alpha value is -0.370. The molecule has 1 unspecified atom stereocenters. The first kappa shape index (κ1) is 9.72. The lowest BCUT2D eigenvalue weighted by atomic mass is 9.99. The lowest BCUT2D eigenvalue weighted by Crippen LogP contribution is -2.17. The van der Waals surface area contributed by atoms with E-state index in [-0.39, 0.29) is 0 Å². The van der Waals surface area contributed by atoms with Gasteiger partial charge in [0.1, 0.15) is 5.78 Å². The van der Waals surface area contributed by atoms with Crippen LogP contribution < -0.4 is 5.32 Å². The molecule has 70 valence electrons. The summed E-state index contributed by atoms with van der Waals surface area (Å²) in [6, 6.07) is 0. The lowest BCUT2D eigenvalue weighted by molar-refractivity contribution is -0.122. The van der Waals surface area contributed by atoms with E-state index >= 15 is 0 Å². The fourth-order valence-corrected chi connectivity index (χ4v) is 1.68. The number of carbonyl (C=O) groups is 1. The number of rotatable bonds is 5. The van der Waals surface area contributed by atoms with Crippen molar-refractivity contribution in [3.63, 3.8) is 0 Å². The van der Waals surface area contributed by atoms with Gasteiger partial charge in [-0.2, -0.15) is 0 Å². The Bertz CT molecular complexity index is 139. The summed E-state index contributed by atoms with van der Waals surface area (Å²) in [7, 11) is 0. The minimum atomic E-state index is 0.335. The van der Waals surface area contributed by atoms with Crippen LogP contribution in [-0.4, -0.2) is 18.9 Å². The predicted molar refractivity (Wildman–Crippen MR) is 50.1 cm³/mol. The first-order chi connectivity index (χ1) is 5.84. The molecule has 1 heterocycles. The van der Waals surface area contributed by atoms with Gasteiger partial charge in [-0.15, -0.1) is 0 Å². The Morgan fingerprint density at radius 1 is 1.50 bits per heavy atom. The molecule has 0 saturated carbocycles. The zero-order valence-electron chi connectivity index (χ0n) is 7.94. The molecule has 1 aliphatic rings. The van der Waals surface area contributed by atoms with Crippen LogP contribution in [0.4, 0.5) is 0 Å². The van der Waals surface area contributed by atoms with Crippen LogP contribution in [0.3, 0.4) is 0 Å². The standard InChI is InChI=1S/C10H19NO/c1-2-3-4-5-10(12)9-6-7-11-8-9/h9,11H,2-8H2,1H3. The average Bonchev–Trinajstić information content (AvgIpc) is 2.56. The minimum absolute atomic E-state index is 0.335. The topological polar surface area (TPSA) is 29.1 Å². The zero-order valence-corrected chi connectivity index (χ0v) is 7.94. The molecule has 0 aromatic rings. The fraction of sp³-hybridized carbons (Fsp3) is 0.900. The van der Waals surface area contributed by atoms with Crippen molar-refractivity contribution >= 4 is 5.78 Å². The molecule has 0 amide bonds. The van der Waals surface area contributed by atoms with E-state index in [0.717, 1.165) is 32.4 Å². The van der Waals surface area contributed by atoms with E-state index in [0.29, 0.717) is 11.7 Å². The molecule has 0 aliphatic carbocycles. The van der Waals surface area contributed by atoms with Crippen LogP contribution in [0.25, 0.3) is 0 Å². The van der Waals surface area contributed by atoms with Gasteiger partial charge in [-0.05, 0) is 19.4 Å². The van der Waals surface area contributed by atoms with Gasteiger partial charge in [0, 0.05) is 18.9 Å². The Balaban J connectivity index is 2.10. The summed E-state index contributed by atoms with van der Waals surface area (Å²) in [4.78, 5) is 11.5. The first-order valence-corrected chi connectivity index (χ1v) is 5.08. The van der Waals surface area contributed by atoms with Gasteiger partial charge in [-0.1, -0.05) is 19.8 Å². The number of hydrogen-bond donors (Lipinski definition) is 1. The monoisotopic (exact) mass is 169 g/mol. The van der Waals surface area contributed by atoms with E-state index in [1.807, 2.05) is 0 Å². The molecule has 2 heteroatoms. The number of carbonyl (C=O) groups excluding carboxylic acids is 1. The molecule has 0 aromatic carbocycles. The van der Waals surface area contributed by atoms with E-state index in [1.165, 1.54) is 12.8 Å². The Morgan fingerprint density at radius 2 is 2.33 bits per heavy atom. The fourth-order valence-electron chi connectivity index (χ4n) is 1.68. The largest absolute Gasteiger partial charge is 0.316 e. The average molecular weight is 169 g/mol. The summed E-state index contributed by atoms with van der Waals surface area (Å²) in [6.45, 7) is 4.12. The second-order valence-electron chi connectivity index (χ2n) is 3.61. The van der Waals surface area contributed by atoms with Crippen molar-refractivity contribution in [1.29, 1.82) is 0 Å². The summed E-state index contributed by atoms with van der Waals surface area (Å²) in [6.07, 6.45) is 5.36. The van der Waals surface area contributed by atoms with E-state index < -0.39 is 0 Å². The Morgan fingerprint density at radius 3 is 2.92 bits per heavy atom. The highest BCUT2D eigenvalue weighted by Crippen LogP contribution is 2.13. The third-order valence-electron chi connectivity index (χ3n) is 2.54. The molecule has 0 bridgehead atoms. The molecular weight excluding hydrogens is 150 g/mol. The van der Waals surface area contributed by atoms with Gasteiger partial charge < -0.3 is 5.32 Å². The highest BCUT2D eigenvalue weighted by molar-refractivity contribution is 5.81. The molecule has 12 heavy (non-hydrogen) atoms. The van der Waals surface area contributed by atoms with Crippen molar-refractivity contribution in [2.24, 2.45) is 5.92 Å². The van der Waals surface area contributed by atoms with Gasteiger partial charge in [0.2, 0.25) is 0 Å². The summed E-state index contributed by atoms with van der Waals surface area (Å²) in [5.74, 6) is 0.815. The van der Waals surface area contributed by atoms with Crippen molar-refractivity contribution in [3.8, 4) is 0 Å². The van der Waals surface area contributed by atoms with Gasteiger partial charge in [-0.25, -0.2) is 0 Å².